The van der Waals surface area contributed by atoms with Gasteiger partial charge in [0.05, 0.1) is 25.1 Å². The second kappa shape index (κ2) is 8.46. The van der Waals surface area contributed by atoms with Crippen molar-refractivity contribution in [3.8, 4) is 17.0 Å². The molecule has 0 bridgehead atoms. The molecule has 0 fully saturated rings. The number of nitrogens with zero attached hydrogens (tertiary/aromatic N) is 3. The van der Waals surface area contributed by atoms with Crippen LogP contribution in [0, 0.1) is 0 Å². The van der Waals surface area contributed by atoms with Crippen LogP contribution >= 0.6 is 11.6 Å². The summed E-state index contributed by atoms with van der Waals surface area (Å²) >= 11 is 6.09. The Morgan fingerprint density at radius 1 is 1.12 bits per heavy atom. The Balaban J connectivity index is 1.99. The second-order valence-electron chi connectivity index (χ2n) is 5.32. The first kappa shape index (κ1) is 17.9. The van der Waals surface area contributed by atoms with E-state index in [1.165, 1.54) is 0 Å². The molecule has 0 unspecified atom stereocenters. The van der Waals surface area contributed by atoms with Gasteiger partial charge in [0.25, 0.3) is 0 Å². The van der Waals surface area contributed by atoms with E-state index in [2.05, 4.69) is 25.6 Å². The number of nitrogens with one attached hydrogen (secondary N) is 2. The fraction of sp³-hybridized carbons (Fsp3) is 0.167. The van der Waals surface area contributed by atoms with Gasteiger partial charge in [-0.25, -0.2) is 4.98 Å². The van der Waals surface area contributed by atoms with Gasteiger partial charge in [-0.3, -0.25) is 4.98 Å². The van der Waals surface area contributed by atoms with Crippen molar-refractivity contribution in [2.45, 2.75) is 0 Å². The van der Waals surface area contributed by atoms with Crippen molar-refractivity contribution in [1.82, 2.24) is 15.0 Å². The molecule has 1 aromatic carbocycles. The first-order valence-corrected chi connectivity index (χ1v) is 8.32. The van der Waals surface area contributed by atoms with Crippen molar-refractivity contribution >= 4 is 29.1 Å². The van der Waals surface area contributed by atoms with Gasteiger partial charge in [-0.15, -0.1) is 0 Å². The molecule has 0 amide bonds. The van der Waals surface area contributed by atoms with Crippen molar-refractivity contribution in [2.75, 3.05) is 30.9 Å². The van der Waals surface area contributed by atoms with E-state index in [0.29, 0.717) is 40.5 Å². The van der Waals surface area contributed by atoms with Crippen LogP contribution in [0.4, 0.5) is 17.5 Å². The Labute approximate surface area is 156 Å². The highest BCUT2D eigenvalue weighted by molar-refractivity contribution is 6.31. The summed E-state index contributed by atoms with van der Waals surface area (Å²) in [6.45, 7) is 0.327. The topological polar surface area (TPSA) is 92.2 Å². The molecule has 26 heavy (non-hydrogen) atoms. The number of rotatable bonds is 7. The number of hydrogen-bond donors (Lipinski definition) is 3. The van der Waals surface area contributed by atoms with E-state index >= 15 is 0 Å². The van der Waals surface area contributed by atoms with Crippen molar-refractivity contribution in [3.63, 3.8) is 0 Å². The Morgan fingerprint density at radius 3 is 2.65 bits per heavy atom. The Bertz CT molecular complexity index is 877. The Hall–Kier alpha value is -2.90. The fourth-order valence-corrected chi connectivity index (χ4v) is 2.52. The minimum absolute atomic E-state index is 0.0201. The third kappa shape index (κ3) is 4.38. The van der Waals surface area contributed by atoms with E-state index in [4.69, 9.17) is 21.4 Å². The molecule has 0 saturated heterocycles. The molecule has 0 aliphatic heterocycles. The van der Waals surface area contributed by atoms with Crippen LogP contribution in [-0.4, -0.2) is 40.3 Å². The summed E-state index contributed by atoms with van der Waals surface area (Å²) in [6.07, 6.45) is 3.40. The van der Waals surface area contributed by atoms with Crippen LogP contribution in [0.1, 0.15) is 0 Å². The monoisotopic (exact) mass is 371 g/mol. The van der Waals surface area contributed by atoms with Crippen LogP contribution in [0.15, 0.2) is 48.8 Å². The molecule has 3 aromatic rings. The zero-order valence-corrected chi connectivity index (χ0v) is 14.9. The van der Waals surface area contributed by atoms with E-state index in [0.717, 1.165) is 5.56 Å². The maximum atomic E-state index is 9.04. The highest BCUT2D eigenvalue weighted by atomic mass is 35.5. The second-order valence-corrected chi connectivity index (χ2v) is 5.75. The minimum Gasteiger partial charge on any atom is -0.495 e. The summed E-state index contributed by atoms with van der Waals surface area (Å²) in [5.74, 6) is 1.60. The quantitative estimate of drug-likeness (QED) is 0.586. The standard InChI is InChI=1S/C18H18ClN5O2/c1-26-16-3-2-13(19)10-15(16)22-17-11-14(12-4-6-20-7-5-12)23-18(24-17)21-8-9-25/h2-7,10-11,25H,8-9H2,1H3,(H2,21,22,23,24). The van der Waals surface area contributed by atoms with Gasteiger partial charge >= 0.3 is 0 Å². The van der Waals surface area contributed by atoms with E-state index in [1.54, 1.807) is 37.7 Å². The van der Waals surface area contributed by atoms with E-state index in [1.807, 2.05) is 18.2 Å². The van der Waals surface area contributed by atoms with Crippen LogP contribution in [0.2, 0.25) is 5.02 Å². The van der Waals surface area contributed by atoms with Crippen LogP contribution in [0.25, 0.3) is 11.3 Å². The molecule has 134 valence electrons. The molecule has 0 aliphatic rings. The lowest BCUT2D eigenvalue weighted by atomic mass is 10.2. The summed E-state index contributed by atoms with van der Waals surface area (Å²) in [4.78, 5) is 12.9. The first-order chi connectivity index (χ1) is 12.7. The van der Waals surface area contributed by atoms with Gasteiger partial charge in [-0.2, -0.15) is 4.98 Å². The largest absolute Gasteiger partial charge is 0.495 e. The average molecular weight is 372 g/mol. The molecule has 0 spiro atoms. The minimum atomic E-state index is -0.0201. The number of ether oxygens (including phenoxy) is 1. The van der Waals surface area contributed by atoms with Gasteiger partial charge in [0, 0.05) is 35.6 Å². The molecule has 0 saturated carbocycles. The lowest BCUT2D eigenvalue weighted by molar-refractivity contribution is 0.311. The van der Waals surface area contributed by atoms with E-state index in [9.17, 15) is 0 Å². The summed E-state index contributed by atoms with van der Waals surface area (Å²) in [5.41, 5.74) is 2.30. The average Bonchev–Trinajstić information content (AvgIpc) is 2.67. The van der Waals surface area contributed by atoms with Gasteiger partial charge in [0.2, 0.25) is 5.95 Å². The number of aliphatic hydroxyl groups is 1. The molecular weight excluding hydrogens is 354 g/mol. The van der Waals surface area contributed by atoms with Crippen molar-refractivity contribution in [2.24, 2.45) is 0 Å². The normalized spacial score (nSPS) is 10.4. The lowest BCUT2D eigenvalue weighted by Gasteiger charge is -2.13. The first-order valence-electron chi connectivity index (χ1n) is 7.94. The summed E-state index contributed by atoms with van der Waals surface area (Å²) < 4.78 is 5.36. The predicted molar refractivity (Wildman–Crippen MR) is 102 cm³/mol. The summed E-state index contributed by atoms with van der Waals surface area (Å²) in [6, 6.07) is 10.8. The molecule has 8 heteroatoms. The summed E-state index contributed by atoms with van der Waals surface area (Å²) in [5, 5.41) is 15.8. The number of methoxy groups -OCH3 is 1. The molecule has 0 atom stereocenters. The molecule has 2 heterocycles. The Kier molecular flexibility index (Phi) is 5.83. The molecule has 7 nitrogen and oxygen atoms in total. The zero-order chi connectivity index (χ0) is 18.4. The van der Waals surface area contributed by atoms with Crippen molar-refractivity contribution < 1.29 is 9.84 Å². The number of pyridine rings is 1. The number of hydrogen-bond acceptors (Lipinski definition) is 7. The van der Waals surface area contributed by atoms with Crippen LogP contribution in [-0.2, 0) is 0 Å². The number of anilines is 3. The number of benzene rings is 1. The Morgan fingerprint density at radius 2 is 1.92 bits per heavy atom. The zero-order valence-electron chi connectivity index (χ0n) is 14.1. The molecule has 0 aliphatic carbocycles. The van der Waals surface area contributed by atoms with Gasteiger partial charge < -0.3 is 20.5 Å². The number of halogens is 1. The molecule has 3 rings (SSSR count). The predicted octanol–water partition coefficient (Wildman–Crippen LogP) is 3.35. The van der Waals surface area contributed by atoms with Crippen LogP contribution < -0.4 is 15.4 Å². The molecule has 2 aromatic heterocycles. The fourth-order valence-electron chi connectivity index (χ4n) is 2.34. The van der Waals surface area contributed by atoms with Gasteiger partial charge in [0.1, 0.15) is 11.6 Å². The maximum absolute atomic E-state index is 9.04. The molecular formula is C18H18ClN5O2. The smallest absolute Gasteiger partial charge is 0.225 e. The van der Waals surface area contributed by atoms with E-state index in [-0.39, 0.29) is 6.61 Å². The highest BCUT2D eigenvalue weighted by Gasteiger charge is 2.10. The van der Waals surface area contributed by atoms with Crippen molar-refractivity contribution in [3.05, 3.63) is 53.8 Å². The third-order valence-electron chi connectivity index (χ3n) is 3.52. The lowest BCUT2D eigenvalue weighted by Crippen LogP contribution is -2.10. The van der Waals surface area contributed by atoms with E-state index < -0.39 is 0 Å². The summed E-state index contributed by atoms with van der Waals surface area (Å²) in [7, 11) is 1.59. The number of aromatic nitrogens is 3. The highest BCUT2D eigenvalue weighted by Crippen LogP contribution is 2.31. The third-order valence-corrected chi connectivity index (χ3v) is 3.76. The molecule has 0 radical (unpaired) electrons. The van der Waals surface area contributed by atoms with Crippen LogP contribution in [0.3, 0.4) is 0 Å². The number of aliphatic hydroxyl groups excluding tert-OH is 1. The SMILES string of the molecule is COc1ccc(Cl)cc1Nc1cc(-c2ccncc2)nc(NCCO)n1. The maximum Gasteiger partial charge on any atom is 0.225 e. The van der Waals surface area contributed by atoms with Gasteiger partial charge in [-0.05, 0) is 30.3 Å². The van der Waals surface area contributed by atoms with Crippen molar-refractivity contribution in [1.29, 1.82) is 0 Å². The van der Waals surface area contributed by atoms with Gasteiger partial charge in [-0.1, -0.05) is 11.6 Å². The van der Waals surface area contributed by atoms with Gasteiger partial charge in [0.15, 0.2) is 0 Å². The molecule has 3 N–H and O–H groups in total. The van der Waals surface area contributed by atoms with Crippen LogP contribution in [0.5, 0.6) is 5.75 Å².